The van der Waals surface area contributed by atoms with Crippen molar-refractivity contribution >= 4 is 47.1 Å². The van der Waals surface area contributed by atoms with Gasteiger partial charge in [-0.1, -0.05) is 45.0 Å². The summed E-state index contributed by atoms with van der Waals surface area (Å²) >= 11 is 6.08. The molecular weight excluding hydrogens is 664 g/mol. The molecule has 0 saturated carbocycles. The van der Waals surface area contributed by atoms with Crippen molar-refractivity contribution < 1.29 is 19.1 Å². The first-order valence-corrected chi connectivity index (χ1v) is 18.3. The monoisotopic (exact) mass is 714 g/mol. The zero-order chi connectivity index (χ0) is 37.3. The zero-order valence-corrected chi connectivity index (χ0v) is 31.0. The van der Waals surface area contributed by atoms with Gasteiger partial charge >= 0.3 is 11.9 Å². The fourth-order valence-electron chi connectivity index (χ4n) is 5.29. The van der Waals surface area contributed by atoms with Crippen molar-refractivity contribution in [1.82, 2.24) is 4.90 Å². The minimum atomic E-state index is -0.624. The van der Waals surface area contributed by atoms with Gasteiger partial charge < -0.3 is 24.2 Å². The van der Waals surface area contributed by atoms with E-state index in [0.717, 1.165) is 81.0 Å². The van der Waals surface area contributed by atoms with E-state index in [2.05, 4.69) is 27.7 Å². The Bertz CT molecular complexity index is 1540. The van der Waals surface area contributed by atoms with Crippen molar-refractivity contribution in [3.63, 3.8) is 0 Å². The number of alkyl halides is 1. The quantitative estimate of drug-likeness (QED) is 0.0470. The normalized spacial score (nSPS) is 11.3. The van der Waals surface area contributed by atoms with Crippen LogP contribution >= 0.6 is 11.6 Å². The lowest BCUT2D eigenvalue weighted by Crippen LogP contribution is -2.38. The van der Waals surface area contributed by atoms with Crippen LogP contribution < -0.4 is 9.80 Å². The number of halogens is 1. The third-order valence-corrected chi connectivity index (χ3v) is 8.14. The van der Waals surface area contributed by atoms with Crippen LogP contribution in [0.5, 0.6) is 0 Å². The Balaban J connectivity index is 2.08. The molecule has 0 aliphatic carbocycles. The van der Waals surface area contributed by atoms with Crippen molar-refractivity contribution in [3.05, 3.63) is 70.8 Å². The molecule has 0 atom stereocenters. The zero-order valence-electron chi connectivity index (χ0n) is 30.3. The maximum atomic E-state index is 12.2. The van der Waals surface area contributed by atoms with E-state index in [9.17, 15) is 25.4 Å². The number of nitrogens with zero attached hydrogens (tertiary/aromatic N) is 6. The van der Waals surface area contributed by atoms with Gasteiger partial charge in [0.15, 0.2) is 0 Å². The van der Waals surface area contributed by atoms with E-state index < -0.39 is 11.9 Å². The molecule has 272 valence electrons. The summed E-state index contributed by atoms with van der Waals surface area (Å²) in [4.78, 5) is 31.3. The number of benzene rings is 2. The Hall–Kier alpha value is -4.82. The van der Waals surface area contributed by atoms with Gasteiger partial charge in [0.1, 0.15) is 23.3 Å². The highest BCUT2D eigenvalue weighted by molar-refractivity contribution is 6.17. The van der Waals surface area contributed by atoms with E-state index in [1.807, 2.05) is 74.5 Å². The molecule has 0 aromatic heterocycles. The lowest BCUT2D eigenvalue weighted by Gasteiger charge is -2.30. The van der Waals surface area contributed by atoms with Crippen LogP contribution in [0.2, 0.25) is 0 Å². The van der Waals surface area contributed by atoms with Crippen LogP contribution in [0.15, 0.2) is 59.7 Å². The van der Waals surface area contributed by atoms with Crippen molar-refractivity contribution in [2.24, 2.45) is 0 Å². The van der Waals surface area contributed by atoms with Crippen LogP contribution in [0.1, 0.15) is 70.4 Å². The fraction of sp³-hybridized carbons (Fsp3) is 0.475. The molecule has 0 radical (unpaired) electrons. The minimum absolute atomic E-state index is 0.0265. The second-order valence-electron chi connectivity index (χ2n) is 11.9. The van der Waals surface area contributed by atoms with Crippen LogP contribution in [0, 0.1) is 34.0 Å². The average molecular weight is 715 g/mol. The van der Waals surface area contributed by atoms with Crippen molar-refractivity contribution in [1.29, 1.82) is 15.8 Å². The standard InChI is InChI=1S/C40H51ClN6O4/c1-4-20-45(25-26-47(22-7-18-41)38-16-12-34(13-17-38)30-36(32-44)40(49)51-28-6-3)21-9-24-46(23-8-19-42)37-14-10-33(11-15-37)29-35(31-43)39(48)50-27-5-2/h10-17,29-30H,4-9,18,20-28H2,1-3H3/b35-29+,36-30+. The van der Waals surface area contributed by atoms with Crippen molar-refractivity contribution in [3.8, 4) is 18.2 Å². The molecule has 2 aromatic carbocycles. The molecule has 0 saturated heterocycles. The lowest BCUT2D eigenvalue weighted by molar-refractivity contribution is -0.139. The molecule has 0 aliphatic rings. The first-order valence-electron chi connectivity index (χ1n) is 17.8. The number of carbonyl (C=O) groups excluding carboxylic acids is 2. The molecule has 2 aromatic rings. The fourth-order valence-corrected chi connectivity index (χ4v) is 5.41. The number of carbonyl (C=O) groups is 2. The van der Waals surface area contributed by atoms with E-state index in [4.69, 9.17) is 21.1 Å². The third kappa shape index (κ3) is 15.7. The third-order valence-electron chi connectivity index (χ3n) is 7.88. The molecule has 11 heteroatoms. The summed E-state index contributed by atoms with van der Waals surface area (Å²) in [6.45, 7) is 12.2. The summed E-state index contributed by atoms with van der Waals surface area (Å²) in [5, 5.41) is 28.2. The van der Waals surface area contributed by atoms with E-state index >= 15 is 0 Å². The number of nitriles is 3. The maximum absolute atomic E-state index is 12.2. The molecule has 0 heterocycles. The minimum Gasteiger partial charge on any atom is -0.462 e. The Morgan fingerprint density at radius 3 is 1.57 bits per heavy atom. The van der Waals surface area contributed by atoms with E-state index in [-0.39, 0.29) is 24.4 Å². The second-order valence-corrected chi connectivity index (χ2v) is 12.3. The number of rotatable bonds is 24. The van der Waals surface area contributed by atoms with Crippen molar-refractivity contribution in [2.75, 3.05) is 74.7 Å². The average Bonchev–Trinajstić information content (AvgIpc) is 3.15. The SMILES string of the molecule is CCCOC(=O)/C(C#N)=C/c1ccc(N(CCC#N)CCCN(CCC)CCN(CCCCl)c2ccc(/C=C(\C#N)C(=O)OCCC)cc2)cc1. The lowest BCUT2D eigenvalue weighted by atomic mass is 10.1. The van der Waals surface area contributed by atoms with E-state index in [0.29, 0.717) is 31.7 Å². The topological polar surface area (TPSA) is 134 Å². The molecule has 2 rings (SSSR count). The van der Waals surface area contributed by atoms with Gasteiger partial charge in [-0.05, 0) is 92.7 Å². The Labute approximate surface area is 309 Å². The Kier molecular flexibility index (Phi) is 20.9. The maximum Gasteiger partial charge on any atom is 0.348 e. The van der Waals surface area contributed by atoms with Gasteiger partial charge in [0.25, 0.3) is 0 Å². The van der Waals surface area contributed by atoms with Crippen LogP contribution in [-0.4, -0.2) is 81.7 Å². The summed E-state index contributed by atoms with van der Waals surface area (Å²) in [6.07, 6.45) is 7.61. The van der Waals surface area contributed by atoms with Gasteiger partial charge in [0, 0.05) is 50.0 Å². The summed E-state index contributed by atoms with van der Waals surface area (Å²) in [5.41, 5.74) is 3.42. The Morgan fingerprint density at radius 1 is 0.647 bits per heavy atom. The van der Waals surface area contributed by atoms with Crippen LogP contribution in [0.3, 0.4) is 0 Å². The molecule has 10 nitrogen and oxygen atoms in total. The van der Waals surface area contributed by atoms with Crippen molar-refractivity contribution in [2.45, 2.75) is 59.3 Å². The van der Waals surface area contributed by atoms with Gasteiger partial charge in [0.05, 0.1) is 25.7 Å². The van der Waals surface area contributed by atoms with Crippen LogP contribution in [-0.2, 0) is 19.1 Å². The predicted molar refractivity (Wildman–Crippen MR) is 204 cm³/mol. The molecular formula is C40H51ClN6O4. The molecule has 0 N–H and O–H groups in total. The molecule has 0 amide bonds. The first-order chi connectivity index (χ1) is 24.8. The number of hydrogen-bond donors (Lipinski definition) is 0. The largest absolute Gasteiger partial charge is 0.462 e. The second kappa shape index (κ2) is 25.2. The summed E-state index contributed by atoms with van der Waals surface area (Å²) in [7, 11) is 0. The first kappa shape index (κ1) is 42.3. The summed E-state index contributed by atoms with van der Waals surface area (Å²) in [6, 6.07) is 21.6. The highest BCUT2D eigenvalue weighted by atomic mass is 35.5. The molecule has 0 aliphatic heterocycles. The van der Waals surface area contributed by atoms with E-state index in [1.165, 1.54) is 6.08 Å². The predicted octanol–water partition coefficient (Wildman–Crippen LogP) is 7.36. The highest BCUT2D eigenvalue weighted by Gasteiger charge is 2.14. The van der Waals surface area contributed by atoms with Gasteiger partial charge in [-0.2, -0.15) is 15.8 Å². The number of ether oxygens (including phenoxy) is 2. The van der Waals surface area contributed by atoms with Crippen LogP contribution in [0.4, 0.5) is 11.4 Å². The summed E-state index contributed by atoms with van der Waals surface area (Å²) in [5.74, 6) is -0.677. The highest BCUT2D eigenvalue weighted by Crippen LogP contribution is 2.20. The molecule has 0 unspecified atom stereocenters. The summed E-state index contributed by atoms with van der Waals surface area (Å²) < 4.78 is 10.2. The number of anilines is 2. The van der Waals surface area contributed by atoms with Crippen LogP contribution in [0.25, 0.3) is 12.2 Å². The smallest absolute Gasteiger partial charge is 0.348 e. The number of hydrogen-bond acceptors (Lipinski definition) is 10. The Morgan fingerprint density at radius 2 is 1.14 bits per heavy atom. The van der Waals surface area contributed by atoms with Gasteiger partial charge in [-0.15, -0.1) is 11.6 Å². The van der Waals surface area contributed by atoms with E-state index in [1.54, 1.807) is 6.08 Å². The molecule has 51 heavy (non-hydrogen) atoms. The van der Waals surface area contributed by atoms with Gasteiger partial charge in [-0.25, -0.2) is 9.59 Å². The molecule has 0 spiro atoms. The molecule has 0 fully saturated rings. The van der Waals surface area contributed by atoms with Gasteiger partial charge in [-0.3, -0.25) is 0 Å². The number of esters is 2. The van der Waals surface area contributed by atoms with Gasteiger partial charge in [0.2, 0.25) is 0 Å². The molecule has 0 bridgehead atoms.